The summed E-state index contributed by atoms with van der Waals surface area (Å²) in [4.78, 5) is 0. The Morgan fingerprint density at radius 3 is 2.47 bits per heavy atom. The zero-order valence-electron chi connectivity index (χ0n) is 10.6. The monoisotopic (exact) mass is 265 g/mol. The standard InChI is InChI=1S/C10H23N3O3S/c1-13(10(9-11)5-3-4-6-10)17(14,15)12-7-8-16-2/h12H,3-9,11H2,1-2H3. The molecule has 0 aromatic carbocycles. The number of rotatable bonds is 7. The van der Waals surface area contributed by atoms with Crippen molar-refractivity contribution in [2.24, 2.45) is 5.73 Å². The first-order valence-electron chi connectivity index (χ1n) is 5.91. The molecule has 0 aromatic rings. The first kappa shape index (κ1) is 14.8. The molecule has 3 N–H and O–H groups in total. The first-order valence-corrected chi connectivity index (χ1v) is 7.35. The fourth-order valence-corrected chi connectivity index (χ4v) is 3.61. The molecule has 1 aliphatic rings. The van der Waals surface area contributed by atoms with Crippen molar-refractivity contribution in [2.75, 3.05) is 33.9 Å². The van der Waals surface area contributed by atoms with Crippen LogP contribution in [0, 0.1) is 0 Å². The van der Waals surface area contributed by atoms with Crippen molar-refractivity contribution in [2.45, 2.75) is 31.2 Å². The van der Waals surface area contributed by atoms with Crippen molar-refractivity contribution >= 4 is 10.2 Å². The van der Waals surface area contributed by atoms with Crippen molar-refractivity contribution in [1.29, 1.82) is 0 Å². The molecule has 17 heavy (non-hydrogen) atoms. The largest absolute Gasteiger partial charge is 0.383 e. The highest BCUT2D eigenvalue weighted by Crippen LogP contribution is 2.34. The van der Waals surface area contributed by atoms with E-state index in [-0.39, 0.29) is 6.54 Å². The molecular formula is C10H23N3O3S. The number of ether oxygens (including phenoxy) is 1. The first-order chi connectivity index (χ1) is 7.98. The molecule has 0 saturated heterocycles. The SMILES string of the molecule is COCCNS(=O)(=O)N(C)C1(CN)CCCC1. The van der Waals surface area contributed by atoms with E-state index < -0.39 is 15.7 Å². The number of hydrogen-bond donors (Lipinski definition) is 2. The van der Waals surface area contributed by atoms with E-state index in [2.05, 4.69) is 4.72 Å². The fraction of sp³-hybridized carbons (Fsp3) is 1.00. The van der Waals surface area contributed by atoms with Crippen LogP contribution < -0.4 is 10.5 Å². The van der Waals surface area contributed by atoms with Gasteiger partial charge in [0, 0.05) is 32.8 Å². The number of hydrogen-bond acceptors (Lipinski definition) is 4. The summed E-state index contributed by atoms with van der Waals surface area (Å²) in [7, 11) is -0.321. The van der Waals surface area contributed by atoms with Gasteiger partial charge in [0.05, 0.1) is 6.61 Å². The van der Waals surface area contributed by atoms with E-state index in [0.717, 1.165) is 25.7 Å². The predicted octanol–water partition coefficient (Wildman–Crippen LogP) is -0.329. The van der Waals surface area contributed by atoms with E-state index in [4.69, 9.17) is 10.5 Å². The number of nitrogens with two attached hydrogens (primary N) is 1. The molecule has 0 aromatic heterocycles. The maximum atomic E-state index is 12.1. The Labute approximate surface area is 104 Å². The Morgan fingerprint density at radius 1 is 1.41 bits per heavy atom. The zero-order valence-corrected chi connectivity index (χ0v) is 11.4. The average Bonchev–Trinajstić information content (AvgIpc) is 2.78. The number of likely N-dealkylation sites (N-methyl/N-ethyl adjacent to an activating group) is 1. The lowest BCUT2D eigenvalue weighted by molar-refractivity contribution is 0.200. The van der Waals surface area contributed by atoms with Gasteiger partial charge < -0.3 is 10.5 Å². The van der Waals surface area contributed by atoms with Crippen LogP contribution >= 0.6 is 0 Å². The lowest BCUT2D eigenvalue weighted by Gasteiger charge is -2.36. The predicted molar refractivity (Wildman–Crippen MR) is 66.8 cm³/mol. The minimum atomic E-state index is -3.46. The van der Waals surface area contributed by atoms with Gasteiger partial charge in [0.25, 0.3) is 10.2 Å². The average molecular weight is 265 g/mol. The van der Waals surface area contributed by atoms with Crippen molar-refractivity contribution < 1.29 is 13.2 Å². The van der Waals surface area contributed by atoms with Gasteiger partial charge in [0.2, 0.25) is 0 Å². The van der Waals surface area contributed by atoms with E-state index in [1.807, 2.05) is 0 Å². The van der Waals surface area contributed by atoms with Gasteiger partial charge in [-0.25, -0.2) is 0 Å². The minimum absolute atomic E-state index is 0.282. The third-order valence-electron chi connectivity index (χ3n) is 3.53. The Morgan fingerprint density at radius 2 is 2.00 bits per heavy atom. The maximum absolute atomic E-state index is 12.1. The van der Waals surface area contributed by atoms with Crippen LogP contribution in [0.2, 0.25) is 0 Å². The summed E-state index contributed by atoms with van der Waals surface area (Å²) in [5.41, 5.74) is 5.36. The number of nitrogens with one attached hydrogen (secondary N) is 1. The van der Waals surface area contributed by atoms with Crippen LogP contribution in [0.3, 0.4) is 0 Å². The zero-order chi connectivity index (χ0) is 12.9. The molecule has 0 radical (unpaired) electrons. The molecule has 0 atom stereocenters. The van der Waals surface area contributed by atoms with E-state index in [0.29, 0.717) is 13.2 Å². The van der Waals surface area contributed by atoms with Gasteiger partial charge in [-0.1, -0.05) is 12.8 Å². The van der Waals surface area contributed by atoms with Crippen LogP contribution in [0.4, 0.5) is 0 Å². The van der Waals surface area contributed by atoms with E-state index in [1.54, 1.807) is 7.05 Å². The third-order valence-corrected chi connectivity index (χ3v) is 5.21. The summed E-state index contributed by atoms with van der Waals surface area (Å²) >= 11 is 0. The highest BCUT2D eigenvalue weighted by Gasteiger charge is 2.41. The normalized spacial score (nSPS) is 20.0. The van der Waals surface area contributed by atoms with Gasteiger partial charge in [-0.2, -0.15) is 17.4 Å². The van der Waals surface area contributed by atoms with E-state index in [9.17, 15) is 8.42 Å². The third kappa shape index (κ3) is 3.38. The van der Waals surface area contributed by atoms with Crippen LogP contribution in [-0.2, 0) is 14.9 Å². The highest BCUT2D eigenvalue weighted by atomic mass is 32.2. The maximum Gasteiger partial charge on any atom is 0.279 e. The van der Waals surface area contributed by atoms with Crippen LogP contribution in [0.1, 0.15) is 25.7 Å². The second kappa shape index (κ2) is 6.10. The molecule has 7 heteroatoms. The molecule has 0 unspecified atom stereocenters. The van der Waals surface area contributed by atoms with Crippen LogP contribution in [-0.4, -0.2) is 52.1 Å². The Bertz CT molecular complexity index is 326. The molecule has 1 saturated carbocycles. The molecule has 0 spiro atoms. The molecule has 6 nitrogen and oxygen atoms in total. The second-order valence-electron chi connectivity index (χ2n) is 4.50. The quantitative estimate of drug-likeness (QED) is 0.617. The summed E-state index contributed by atoms with van der Waals surface area (Å²) in [5, 5.41) is 0. The smallest absolute Gasteiger partial charge is 0.279 e. The van der Waals surface area contributed by atoms with Crippen molar-refractivity contribution in [1.82, 2.24) is 9.03 Å². The molecule has 0 heterocycles. The Balaban J connectivity index is 2.69. The van der Waals surface area contributed by atoms with Crippen molar-refractivity contribution in [3.05, 3.63) is 0 Å². The van der Waals surface area contributed by atoms with Crippen molar-refractivity contribution in [3.63, 3.8) is 0 Å². The number of nitrogens with zero attached hydrogens (tertiary/aromatic N) is 1. The molecule has 1 fully saturated rings. The van der Waals surface area contributed by atoms with Gasteiger partial charge in [-0.05, 0) is 12.8 Å². The Kier molecular flexibility index (Phi) is 5.33. The molecule has 0 bridgehead atoms. The van der Waals surface area contributed by atoms with Gasteiger partial charge in [0.15, 0.2) is 0 Å². The van der Waals surface area contributed by atoms with Crippen LogP contribution in [0.15, 0.2) is 0 Å². The molecule has 1 rings (SSSR count). The lowest BCUT2D eigenvalue weighted by atomic mass is 9.98. The fourth-order valence-electron chi connectivity index (χ4n) is 2.31. The summed E-state index contributed by atoms with van der Waals surface area (Å²) < 4.78 is 32.9. The highest BCUT2D eigenvalue weighted by molar-refractivity contribution is 7.87. The van der Waals surface area contributed by atoms with Gasteiger partial charge in [-0.3, -0.25) is 0 Å². The lowest BCUT2D eigenvalue weighted by Crippen LogP contribution is -2.56. The van der Waals surface area contributed by atoms with Crippen LogP contribution in [0.5, 0.6) is 0 Å². The van der Waals surface area contributed by atoms with Gasteiger partial charge in [0.1, 0.15) is 0 Å². The molecule has 102 valence electrons. The summed E-state index contributed by atoms with van der Waals surface area (Å²) in [6, 6.07) is 0. The minimum Gasteiger partial charge on any atom is -0.383 e. The Hall–Kier alpha value is -0.210. The summed E-state index contributed by atoms with van der Waals surface area (Å²) in [6.45, 7) is 1.02. The summed E-state index contributed by atoms with van der Waals surface area (Å²) in [6.07, 6.45) is 3.75. The summed E-state index contributed by atoms with van der Waals surface area (Å²) in [5.74, 6) is 0. The van der Waals surface area contributed by atoms with Gasteiger partial charge >= 0.3 is 0 Å². The second-order valence-corrected chi connectivity index (χ2v) is 6.28. The van der Waals surface area contributed by atoms with Gasteiger partial charge in [-0.15, -0.1) is 0 Å². The topological polar surface area (TPSA) is 84.7 Å². The van der Waals surface area contributed by atoms with E-state index in [1.165, 1.54) is 11.4 Å². The molecule has 0 amide bonds. The number of methoxy groups -OCH3 is 1. The molecule has 1 aliphatic carbocycles. The van der Waals surface area contributed by atoms with Crippen LogP contribution in [0.25, 0.3) is 0 Å². The van der Waals surface area contributed by atoms with E-state index >= 15 is 0 Å². The molecular weight excluding hydrogens is 242 g/mol. The molecule has 0 aliphatic heterocycles. The van der Waals surface area contributed by atoms with Crippen molar-refractivity contribution in [3.8, 4) is 0 Å².